The fourth-order valence-corrected chi connectivity index (χ4v) is 5.70. The first-order chi connectivity index (χ1) is 24.6. The van der Waals surface area contributed by atoms with Crippen LogP contribution in [0, 0.1) is 11.6 Å². The van der Waals surface area contributed by atoms with Crippen molar-refractivity contribution >= 4 is 0 Å². The third kappa shape index (κ3) is 6.53. The molecule has 0 aliphatic rings. The van der Waals surface area contributed by atoms with E-state index in [0.29, 0.717) is 34.4 Å². The Kier molecular flexibility index (Phi) is 8.21. The summed E-state index contributed by atoms with van der Waals surface area (Å²) in [6.07, 6.45) is 0. The van der Waals surface area contributed by atoms with Crippen molar-refractivity contribution in [1.29, 1.82) is 0 Å². The molecule has 0 spiro atoms. The third-order valence-corrected chi connectivity index (χ3v) is 8.30. The van der Waals surface area contributed by atoms with Crippen molar-refractivity contribution < 1.29 is 8.78 Å². The van der Waals surface area contributed by atoms with Crippen LogP contribution in [0.5, 0.6) is 0 Å². The molecule has 8 aromatic rings. The van der Waals surface area contributed by atoms with Gasteiger partial charge in [0, 0.05) is 33.4 Å². The molecular weight excluding hydrogens is 625 g/mol. The molecule has 0 atom stereocenters. The van der Waals surface area contributed by atoms with Crippen molar-refractivity contribution in [2.45, 2.75) is 0 Å². The number of aromatic nitrogens is 5. The fraction of sp³-hybridized carbons (Fsp3) is 0. The molecule has 50 heavy (non-hydrogen) atoms. The minimum atomic E-state index is -0.354. The van der Waals surface area contributed by atoms with Crippen LogP contribution >= 0.6 is 0 Å². The summed E-state index contributed by atoms with van der Waals surface area (Å²) in [5, 5.41) is 0. The topological polar surface area (TPSA) is 64.5 Å². The number of hydrogen-bond acceptors (Lipinski definition) is 5. The lowest BCUT2D eigenvalue weighted by atomic mass is 10.0. The van der Waals surface area contributed by atoms with E-state index in [2.05, 4.69) is 41.4 Å². The SMILES string of the molecule is Fc1ccc(-c2nc(-c3ccc(F)cc3)nc(-c3cccc(-c4ccc(-c5nc(-c6ccccc6)cc(-c6ccccc6)n5)cc4)c3)n2)cc1. The molecule has 0 saturated heterocycles. The zero-order valence-electron chi connectivity index (χ0n) is 26.6. The molecule has 0 radical (unpaired) electrons. The molecule has 7 heteroatoms. The summed E-state index contributed by atoms with van der Waals surface area (Å²) in [6.45, 7) is 0. The molecule has 0 unspecified atom stereocenters. The molecule has 0 aliphatic heterocycles. The Bertz CT molecular complexity index is 2290. The number of benzene rings is 6. The first-order valence-corrected chi connectivity index (χ1v) is 16.0. The van der Waals surface area contributed by atoms with Crippen LogP contribution in [0.3, 0.4) is 0 Å². The van der Waals surface area contributed by atoms with Crippen molar-refractivity contribution in [3.8, 4) is 79.2 Å². The summed E-state index contributed by atoms with van der Waals surface area (Å²) in [6, 6.07) is 50.3. The van der Waals surface area contributed by atoms with Gasteiger partial charge in [0.15, 0.2) is 23.3 Å². The summed E-state index contributed by atoms with van der Waals surface area (Å²) >= 11 is 0. The summed E-state index contributed by atoms with van der Waals surface area (Å²) in [4.78, 5) is 24.1. The van der Waals surface area contributed by atoms with Gasteiger partial charge in [-0.15, -0.1) is 0 Å². The highest BCUT2D eigenvalue weighted by Gasteiger charge is 2.15. The maximum atomic E-state index is 13.7. The number of hydrogen-bond donors (Lipinski definition) is 0. The Hall–Kier alpha value is -6.73. The molecule has 0 bridgehead atoms. The smallest absolute Gasteiger partial charge is 0.164 e. The summed E-state index contributed by atoms with van der Waals surface area (Å²) in [5.74, 6) is 1.14. The van der Waals surface area contributed by atoms with Gasteiger partial charge in [0.1, 0.15) is 11.6 Å². The van der Waals surface area contributed by atoms with Crippen LogP contribution in [-0.4, -0.2) is 24.9 Å². The van der Waals surface area contributed by atoms with E-state index < -0.39 is 0 Å². The van der Waals surface area contributed by atoms with Gasteiger partial charge in [0.05, 0.1) is 11.4 Å². The van der Waals surface area contributed by atoms with Gasteiger partial charge in [0.2, 0.25) is 0 Å². The Balaban J connectivity index is 1.16. The Labute approximate surface area is 287 Å². The zero-order chi connectivity index (χ0) is 33.9. The Morgan fingerprint density at radius 3 is 1.10 bits per heavy atom. The molecule has 5 nitrogen and oxygen atoms in total. The van der Waals surface area contributed by atoms with Crippen LogP contribution in [0.1, 0.15) is 0 Å². The van der Waals surface area contributed by atoms with Crippen molar-refractivity contribution in [2.75, 3.05) is 0 Å². The predicted molar refractivity (Wildman–Crippen MR) is 193 cm³/mol. The standard InChI is InChI=1S/C43H27F2N5/c44-36-22-18-32(19-23-36)41-48-42(33-20-24-37(45)25-21-33)50-43(49-41)35-13-7-12-34(26-35)28-14-16-31(17-15-28)40-46-38(29-8-3-1-4-9-29)27-39(47-40)30-10-5-2-6-11-30/h1-27H. The number of rotatable bonds is 7. The molecular formula is C43H27F2N5. The second kappa shape index (κ2) is 13.4. The minimum absolute atomic E-state index is 0.354. The average molecular weight is 652 g/mol. The Morgan fingerprint density at radius 2 is 0.620 bits per heavy atom. The molecule has 2 heterocycles. The van der Waals surface area contributed by atoms with Crippen LogP contribution in [0.4, 0.5) is 8.78 Å². The molecule has 0 amide bonds. The molecule has 238 valence electrons. The van der Waals surface area contributed by atoms with E-state index in [0.717, 1.165) is 44.8 Å². The van der Waals surface area contributed by atoms with Gasteiger partial charge in [-0.2, -0.15) is 0 Å². The molecule has 2 aromatic heterocycles. The van der Waals surface area contributed by atoms with Gasteiger partial charge < -0.3 is 0 Å². The first-order valence-electron chi connectivity index (χ1n) is 16.0. The van der Waals surface area contributed by atoms with Crippen LogP contribution in [-0.2, 0) is 0 Å². The lowest BCUT2D eigenvalue weighted by molar-refractivity contribution is 0.627. The van der Waals surface area contributed by atoms with Gasteiger partial charge >= 0.3 is 0 Å². The van der Waals surface area contributed by atoms with Gasteiger partial charge in [-0.1, -0.05) is 103 Å². The van der Waals surface area contributed by atoms with Crippen molar-refractivity contribution in [3.05, 3.63) is 175 Å². The van der Waals surface area contributed by atoms with Gasteiger partial charge in [0.25, 0.3) is 0 Å². The van der Waals surface area contributed by atoms with E-state index in [4.69, 9.17) is 19.9 Å². The minimum Gasteiger partial charge on any atom is -0.228 e. The predicted octanol–water partition coefficient (Wildman–Crippen LogP) is 10.6. The summed E-state index contributed by atoms with van der Waals surface area (Å²) in [5.41, 5.74) is 8.63. The zero-order valence-corrected chi connectivity index (χ0v) is 26.6. The number of nitrogens with zero attached hydrogens (tertiary/aromatic N) is 5. The van der Waals surface area contributed by atoms with E-state index in [9.17, 15) is 8.78 Å². The van der Waals surface area contributed by atoms with Gasteiger partial charge in [-0.25, -0.2) is 33.7 Å². The molecule has 0 saturated carbocycles. The van der Waals surface area contributed by atoms with Crippen LogP contribution < -0.4 is 0 Å². The van der Waals surface area contributed by atoms with Gasteiger partial charge in [-0.3, -0.25) is 0 Å². The lowest BCUT2D eigenvalue weighted by Gasteiger charge is -2.11. The van der Waals surface area contributed by atoms with E-state index in [1.807, 2.05) is 78.9 Å². The van der Waals surface area contributed by atoms with E-state index in [1.54, 1.807) is 24.3 Å². The normalized spacial score (nSPS) is 11.0. The van der Waals surface area contributed by atoms with E-state index in [-0.39, 0.29) is 11.6 Å². The van der Waals surface area contributed by atoms with Crippen LogP contribution in [0.15, 0.2) is 164 Å². The van der Waals surface area contributed by atoms with Crippen molar-refractivity contribution in [1.82, 2.24) is 24.9 Å². The van der Waals surface area contributed by atoms with Crippen LogP contribution in [0.25, 0.3) is 79.2 Å². The second-order valence-electron chi connectivity index (χ2n) is 11.7. The monoisotopic (exact) mass is 651 g/mol. The largest absolute Gasteiger partial charge is 0.228 e. The first kappa shape index (κ1) is 30.6. The summed E-state index contributed by atoms with van der Waals surface area (Å²) < 4.78 is 27.5. The van der Waals surface area contributed by atoms with Crippen molar-refractivity contribution in [3.63, 3.8) is 0 Å². The van der Waals surface area contributed by atoms with Gasteiger partial charge in [-0.05, 0) is 71.8 Å². The molecule has 6 aromatic carbocycles. The molecule has 0 fully saturated rings. The lowest BCUT2D eigenvalue weighted by Crippen LogP contribution is -2.00. The van der Waals surface area contributed by atoms with Crippen LogP contribution in [0.2, 0.25) is 0 Å². The average Bonchev–Trinajstić information content (AvgIpc) is 3.19. The van der Waals surface area contributed by atoms with E-state index >= 15 is 0 Å². The molecule has 8 rings (SSSR count). The highest BCUT2D eigenvalue weighted by atomic mass is 19.1. The fourth-order valence-electron chi connectivity index (χ4n) is 5.70. The quantitative estimate of drug-likeness (QED) is 0.172. The molecule has 0 aliphatic carbocycles. The third-order valence-electron chi connectivity index (χ3n) is 8.30. The maximum Gasteiger partial charge on any atom is 0.164 e. The molecule has 0 N–H and O–H groups in total. The van der Waals surface area contributed by atoms with Crippen molar-refractivity contribution in [2.24, 2.45) is 0 Å². The second-order valence-corrected chi connectivity index (χ2v) is 11.7. The van der Waals surface area contributed by atoms with E-state index in [1.165, 1.54) is 24.3 Å². The maximum absolute atomic E-state index is 13.7. The highest BCUT2D eigenvalue weighted by molar-refractivity contribution is 5.76. The summed E-state index contributed by atoms with van der Waals surface area (Å²) in [7, 11) is 0. The highest BCUT2D eigenvalue weighted by Crippen LogP contribution is 2.31. The number of halogens is 2. The Morgan fingerprint density at radius 1 is 0.260 bits per heavy atom.